The molecule has 0 radical (unpaired) electrons. The van der Waals surface area contributed by atoms with Crippen molar-refractivity contribution >= 4 is 0 Å². The van der Waals surface area contributed by atoms with Gasteiger partial charge in [0.1, 0.15) is 11.6 Å². The molecule has 84 valence electrons. The second-order valence-electron chi connectivity index (χ2n) is 4.13. The molecule has 0 unspecified atom stereocenters. The molecule has 0 aromatic carbocycles. The topological polar surface area (TPSA) is 52.0 Å². The molecule has 0 atom stereocenters. The Morgan fingerprint density at radius 3 is 2.73 bits per heavy atom. The Morgan fingerprint density at radius 2 is 2.20 bits per heavy atom. The number of rotatable bonds is 4. The van der Waals surface area contributed by atoms with Gasteiger partial charge in [-0.05, 0) is 19.8 Å². The first-order chi connectivity index (χ1) is 7.20. The maximum atomic E-state index is 5.22. The van der Waals surface area contributed by atoms with E-state index in [1.165, 1.54) is 0 Å². The third-order valence-corrected chi connectivity index (χ3v) is 3.16. The van der Waals surface area contributed by atoms with Gasteiger partial charge in [0.05, 0.1) is 12.6 Å². The van der Waals surface area contributed by atoms with E-state index >= 15 is 0 Å². The van der Waals surface area contributed by atoms with Gasteiger partial charge in [-0.15, -0.1) is 10.2 Å². The minimum absolute atomic E-state index is 0.448. The lowest BCUT2D eigenvalue weighted by Gasteiger charge is -2.34. The van der Waals surface area contributed by atoms with E-state index in [0.29, 0.717) is 12.1 Å². The highest BCUT2D eigenvalue weighted by Crippen LogP contribution is 2.22. The molecule has 1 aliphatic rings. The Labute approximate surface area is 89.8 Å². The molecule has 0 saturated heterocycles. The number of aromatic nitrogens is 3. The zero-order valence-electron chi connectivity index (χ0n) is 9.53. The summed E-state index contributed by atoms with van der Waals surface area (Å²) in [5.41, 5.74) is 0. The van der Waals surface area contributed by atoms with E-state index < -0.39 is 0 Å². The molecule has 5 nitrogen and oxygen atoms in total. The van der Waals surface area contributed by atoms with Crippen LogP contribution in [0.4, 0.5) is 0 Å². The number of methoxy groups -OCH3 is 1. The summed E-state index contributed by atoms with van der Waals surface area (Å²) in [6, 6.07) is 0.576. The van der Waals surface area contributed by atoms with E-state index in [2.05, 4.69) is 15.5 Å². The van der Waals surface area contributed by atoms with E-state index in [0.717, 1.165) is 31.0 Å². The molecule has 0 spiro atoms. The van der Waals surface area contributed by atoms with Crippen molar-refractivity contribution in [1.82, 2.24) is 20.1 Å². The van der Waals surface area contributed by atoms with Crippen molar-refractivity contribution in [1.29, 1.82) is 0 Å². The highest BCUT2D eigenvalue weighted by molar-refractivity contribution is 4.94. The van der Waals surface area contributed by atoms with Crippen LogP contribution < -0.4 is 5.32 Å². The van der Waals surface area contributed by atoms with Gasteiger partial charge in [0.15, 0.2) is 0 Å². The molecule has 1 aromatic heterocycles. The molecule has 1 aromatic rings. The predicted molar refractivity (Wildman–Crippen MR) is 56.4 cm³/mol. The van der Waals surface area contributed by atoms with Gasteiger partial charge in [-0.3, -0.25) is 0 Å². The number of aryl methyl sites for hydroxylation is 1. The van der Waals surface area contributed by atoms with E-state index in [1.807, 2.05) is 18.5 Å². The zero-order chi connectivity index (χ0) is 10.8. The van der Waals surface area contributed by atoms with Crippen molar-refractivity contribution in [2.75, 3.05) is 7.11 Å². The fourth-order valence-electron chi connectivity index (χ4n) is 1.77. The smallest absolute Gasteiger partial charge is 0.146 e. The van der Waals surface area contributed by atoms with Gasteiger partial charge in [0, 0.05) is 20.2 Å². The zero-order valence-corrected chi connectivity index (χ0v) is 9.53. The Balaban J connectivity index is 1.77. The van der Waals surface area contributed by atoms with Crippen LogP contribution in [0.15, 0.2) is 0 Å². The van der Waals surface area contributed by atoms with Gasteiger partial charge in [-0.25, -0.2) is 0 Å². The number of nitrogens with zero attached hydrogens (tertiary/aromatic N) is 3. The number of hydrogen-bond donors (Lipinski definition) is 1. The molecule has 2 rings (SSSR count). The minimum atomic E-state index is 0.448. The first-order valence-corrected chi connectivity index (χ1v) is 5.31. The molecule has 0 aliphatic heterocycles. The van der Waals surface area contributed by atoms with Crippen molar-refractivity contribution < 1.29 is 4.74 Å². The molecule has 1 heterocycles. The lowest BCUT2D eigenvalue weighted by molar-refractivity contribution is 0.0167. The lowest BCUT2D eigenvalue weighted by atomic mass is 9.89. The van der Waals surface area contributed by atoms with E-state index in [-0.39, 0.29) is 0 Å². The minimum Gasteiger partial charge on any atom is -0.381 e. The highest BCUT2D eigenvalue weighted by atomic mass is 16.5. The molecular formula is C10H18N4O. The van der Waals surface area contributed by atoms with Crippen molar-refractivity contribution in [2.45, 2.75) is 38.5 Å². The van der Waals surface area contributed by atoms with Gasteiger partial charge < -0.3 is 14.6 Å². The van der Waals surface area contributed by atoms with Gasteiger partial charge >= 0.3 is 0 Å². The molecule has 15 heavy (non-hydrogen) atoms. The Bertz CT molecular complexity index is 330. The summed E-state index contributed by atoms with van der Waals surface area (Å²) >= 11 is 0. The monoisotopic (exact) mass is 210 g/mol. The molecule has 1 saturated carbocycles. The second kappa shape index (κ2) is 4.28. The summed E-state index contributed by atoms with van der Waals surface area (Å²) in [7, 11) is 3.76. The standard InChI is InChI=1S/C10H18N4O/c1-7-12-13-10(14(7)2)6-11-8-4-9(5-8)15-3/h8-9,11H,4-6H2,1-3H3. The summed E-state index contributed by atoms with van der Waals surface area (Å²) in [4.78, 5) is 0. The maximum absolute atomic E-state index is 5.22. The predicted octanol–water partition coefficient (Wildman–Crippen LogP) is 0.391. The van der Waals surface area contributed by atoms with E-state index in [1.54, 1.807) is 7.11 Å². The summed E-state index contributed by atoms with van der Waals surface area (Å²) < 4.78 is 7.24. The second-order valence-corrected chi connectivity index (χ2v) is 4.13. The van der Waals surface area contributed by atoms with Crippen LogP contribution in [-0.4, -0.2) is 34.0 Å². The van der Waals surface area contributed by atoms with Crippen LogP contribution in [0.25, 0.3) is 0 Å². The van der Waals surface area contributed by atoms with Crippen LogP contribution in [0.5, 0.6) is 0 Å². The molecule has 1 N–H and O–H groups in total. The van der Waals surface area contributed by atoms with Crippen molar-refractivity contribution in [3.63, 3.8) is 0 Å². The van der Waals surface area contributed by atoms with Crippen LogP contribution in [0.1, 0.15) is 24.5 Å². The Hall–Kier alpha value is -0.940. The van der Waals surface area contributed by atoms with Crippen LogP contribution in [0.2, 0.25) is 0 Å². The number of hydrogen-bond acceptors (Lipinski definition) is 4. The van der Waals surface area contributed by atoms with Crippen LogP contribution in [0, 0.1) is 6.92 Å². The van der Waals surface area contributed by atoms with E-state index in [9.17, 15) is 0 Å². The van der Waals surface area contributed by atoms with Crippen molar-refractivity contribution in [3.8, 4) is 0 Å². The fourth-order valence-corrected chi connectivity index (χ4v) is 1.77. The molecular weight excluding hydrogens is 192 g/mol. The van der Waals surface area contributed by atoms with Gasteiger partial charge in [0.25, 0.3) is 0 Å². The third-order valence-electron chi connectivity index (χ3n) is 3.16. The average molecular weight is 210 g/mol. The van der Waals surface area contributed by atoms with Crippen LogP contribution >= 0.6 is 0 Å². The SMILES string of the molecule is COC1CC(NCc2nnc(C)n2C)C1. The molecule has 1 fully saturated rings. The van der Waals surface area contributed by atoms with Gasteiger partial charge in [-0.2, -0.15) is 0 Å². The van der Waals surface area contributed by atoms with Crippen molar-refractivity contribution in [2.24, 2.45) is 7.05 Å². The molecule has 1 aliphatic carbocycles. The first kappa shape index (κ1) is 10.6. The quantitative estimate of drug-likeness (QED) is 0.781. The summed E-state index contributed by atoms with van der Waals surface area (Å²) in [5.74, 6) is 1.95. The van der Waals surface area contributed by atoms with Crippen LogP contribution in [0.3, 0.4) is 0 Å². The third kappa shape index (κ3) is 2.18. The Morgan fingerprint density at radius 1 is 1.47 bits per heavy atom. The molecule has 5 heteroatoms. The summed E-state index contributed by atoms with van der Waals surface area (Å²) in [6.07, 6.45) is 2.66. The molecule has 0 amide bonds. The summed E-state index contributed by atoms with van der Waals surface area (Å²) in [6.45, 7) is 2.75. The first-order valence-electron chi connectivity index (χ1n) is 5.31. The fraction of sp³-hybridized carbons (Fsp3) is 0.800. The van der Waals surface area contributed by atoms with Crippen molar-refractivity contribution in [3.05, 3.63) is 11.6 Å². The summed E-state index contributed by atoms with van der Waals surface area (Å²) in [5, 5.41) is 11.6. The molecule has 0 bridgehead atoms. The van der Waals surface area contributed by atoms with Gasteiger partial charge in [0.2, 0.25) is 0 Å². The number of ether oxygens (including phenoxy) is 1. The average Bonchev–Trinajstić information content (AvgIpc) is 2.47. The lowest BCUT2D eigenvalue weighted by Crippen LogP contribution is -2.44. The number of nitrogens with one attached hydrogen (secondary N) is 1. The highest BCUT2D eigenvalue weighted by Gasteiger charge is 2.28. The van der Waals surface area contributed by atoms with Crippen LogP contribution in [-0.2, 0) is 18.3 Å². The van der Waals surface area contributed by atoms with E-state index in [4.69, 9.17) is 4.74 Å². The normalized spacial score (nSPS) is 25.3. The maximum Gasteiger partial charge on any atom is 0.146 e. The Kier molecular flexibility index (Phi) is 3.02. The van der Waals surface area contributed by atoms with Gasteiger partial charge in [-0.1, -0.05) is 0 Å². The largest absolute Gasteiger partial charge is 0.381 e.